The molecule has 0 bridgehead atoms. The van der Waals surface area contributed by atoms with Crippen LogP contribution in [0, 0.1) is 18.3 Å². The van der Waals surface area contributed by atoms with E-state index in [1.54, 1.807) is 20.8 Å². The standard InChI is InChI=1S/C15H21NO3/c1-10-7-5-6-8-11(10)9-16-13(17)12(14(18)19)15(2,3)4/h5-8,12H,9H2,1-4H3,(H,16,17)(H,18,19). The number of nitrogens with one attached hydrogen (secondary N) is 1. The number of hydrogen-bond acceptors (Lipinski definition) is 2. The van der Waals surface area contributed by atoms with E-state index in [9.17, 15) is 14.7 Å². The average molecular weight is 263 g/mol. The van der Waals surface area contributed by atoms with Gasteiger partial charge in [-0.3, -0.25) is 9.59 Å². The van der Waals surface area contributed by atoms with Crippen LogP contribution in [-0.2, 0) is 16.1 Å². The zero-order chi connectivity index (χ0) is 14.6. The lowest BCUT2D eigenvalue weighted by atomic mass is 9.80. The minimum atomic E-state index is -1.09. The van der Waals surface area contributed by atoms with Gasteiger partial charge in [0.15, 0.2) is 0 Å². The molecule has 0 aliphatic heterocycles. The van der Waals surface area contributed by atoms with Crippen LogP contribution in [0.3, 0.4) is 0 Å². The van der Waals surface area contributed by atoms with E-state index in [1.807, 2.05) is 31.2 Å². The van der Waals surface area contributed by atoms with Crippen LogP contribution < -0.4 is 5.32 Å². The first-order valence-electron chi connectivity index (χ1n) is 6.28. The van der Waals surface area contributed by atoms with Crippen LogP contribution in [0.5, 0.6) is 0 Å². The van der Waals surface area contributed by atoms with Gasteiger partial charge in [-0.05, 0) is 23.5 Å². The Labute approximate surface area is 113 Å². The molecule has 4 heteroatoms. The molecule has 0 radical (unpaired) electrons. The topological polar surface area (TPSA) is 66.4 Å². The van der Waals surface area contributed by atoms with Crippen LogP contribution in [-0.4, -0.2) is 17.0 Å². The van der Waals surface area contributed by atoms with Crippen molar-refractivity contribution in [2.45, 2.75) is 34.2 Å². The summed E-state index contributed by atoms with van der Waals surface area (Å²) in [6.45, 7) is 7.56. The van der Waals surface area contributed by atoms with Crippen LogP contribution >= 0.6 is 0 Å². The summed E-state index contributed by atoms with van der Waals surface area (Å²) in [5, 5.41) is 11.9. The minimum Gasteiger partial charge on any atom is -0.481 e. The monoisotopic (exact) mass is 263 g/mol. The largest absolute Gasteiger partial charge is 0.481 e. The number of carboxylic acids is 1. The van der Waals surface area contributed by atoms with E-state index in [0.717, 1.165) is 11.1 Å². The van der Waals surface area contributed by atoms with Gasteiger partial charge >= 0.3 is 5.97 Å². The number of benzene rings is 1. The fraction of sp³-hybridized carbons (Fsp3) is 0.467. The van der Waals surface area contributed by atoms with Gasteiger partial charge in [0.1, 0.15) is 5.92 Å². The highest BCUT2D eigenvalue weighted by molar-refractivity contribution is 5.97. The summed E-state index contributed by atoms with van der Waals surface area (Å²) in [7, 11) is 0. The Morgan fingerprint density at radius 2 is 1.84 bits per heavy atom. The van der Waals surface area contributed by atoms with E-state index < -0.39 is 23.2 Å². The fourth-order valence-corrected chi connectivity index (χ4v) is 1.97. The first-order chi connectivity index (χ1) is 8.73. The highest BCUT2D eigenvalue weighted by Gasteiger charge is 2.37. The lowest BCUT2D eigenvalue weighted by Gasteiger charge is -2.26. The second-order valence-electron chi connectivity index (χ2n) is 5.78. The molecule has 1 amide bonds. The molecule has 0 spiro atoms. The number of aryl methyl sites for hydroxylation is 1. The molecule has 19 heavy (non-hydrogen) atoms. The first kappa shape index (κ1) is 15.2. The minimum absolute atomic E-state index is 0.353. The summed E-state index contributed by atoms with van der Waals surface area (Å²) in [6.07, 6.45) is 0. The van der Waals surface area contributed by atoms with Crippen molar-refractivity contribution in [1.82, 2.24) is 5.32 Å². The number of aliphatic carboxylic acids is 1. The zero-order valence-corrected chi connectivity index (χ0v) is 11.9. The number of carboxylic acid groups (broad SMARTS) is 1. The maximum absolute atomic E-state index is 12.0. The highest BCUT2D eigenvalue weighted by atomic mass is 16.4. The molecule has 0 heterocycles. The van der Waals surface area contributed by atoms with Crippen molar-refractivity contribution >= 4 is 11.9 Å². The Hall–Kier alpha value is -1.84. The maximum atomic E-state index is 12.0. The van der Waals surface area contributed by atoms with Gasteiger partial charge in [0.2, 0.25) is 5.91 Å². The predicted molar refractivity (Wildman–Crippen MR) is 73.6 cm³/mol. The molecule has 0 saturated heterocycles. The normalized spacial score (nSPS) is 12.8. The Bertz CT molecular complexity index is 475. The number of rotatable bonds is 4. The third kappa shape index (κ3) is 4.09. The molecule has 0 saturated carbocycles. The zero-order valence-electron chi connectivity index (χ0n) is 11.9. The molecule has 1 unspecified atom stereocenters. The quantitative estimate of drug-likeness (QED) is 0.819. The number of carbonyl (C=O) groups is 2. The first-order valence-corrected chi connectivity index (χ1v) is 6.28. The van der Waals surface area contributed by atoms with Crippen molar-refractivity contribution in [3.8, 4) is 0 Å². The van der Waals surface area contributed by atoms with E-state index in [4.69, 9.17) is 0 Å². The second kappa shape index (κ2) is 5.87. The third-order valence-corrected chi connectivity index (χ3v) is 3.09. The van der Waals surface area contributed by atoms with Crippen LogP contribution in [0.15, 0.2) is 24.3 Å². The van der Waals surface area contributed by atoms with Crippen molar-refractivity contribution in [3.63, 3.8) is 0 Å². The van der Waals surface area contributed by atoms with Gasteiger partial charge in [-0.1, -0.05) is 45.0 Å². The van der Waals surface area contributed by atoms with E-state index in [-0.39, 0.29) is 0 Å². The Morgan fingerprint density at radius 1 is 1.26 bits per heavy atom. The molecule has 104 valence electrons. The Morgan fingerprint density at radius 3 is 2.32 bits per heavy atom. The van der Waals surface area contributed by atoms with Gasteiger partial charge in [-0.25, -0.2) is 0 Å². The van der Waals surface area contributed by atoms with Gasteiger partial charge < -0.3 is 10.4 Å². The summed E-state index contributed by atoms with van der Waals surface area (Å²) in [6, 6.07) is 7.70. The average Bonchev–Trinajstić information content (AvgIpc) is 2.25. The molecule has 1 atom stereocenters. The van der Waals surface area contributed by atoms with Gasteiger partial charge in [-0.15, -0.1) is 0 Å². The predicted octanol–water partition coefficient (Wildman–Crippen LogP) is 2.36. The van der Waals surface area contributed by atoms with E-state index in [1.165, 1.54) is 0 Å². The maximum Gasteiger partial charge on any atom is 0.316 e. The summed E-state index contributed by atoms with van der Waals surface area (Å²) < 4.78 is 0. The molecule has 1 aromatic carbocycles. The van der Waals surface area contributed by atoms with Gasteiger partial charge in [0.05, 0.1) is 0 Å². The number of carbonyl (C=O) groups excluding carboxylic acids is 1. The van der Waals surface area contributed by atoms with Crippen molar-refractivity contribution < 1.29 is 14.7 Å². The van der Waals surface area contributed by atoms with Gasteiger partial charge in [-0.2, -0.15) is 0 Å². The summed E-state index contributed by atoms with van der Waals surface area (Å²) in [4.78, 5) is 23.2. The molecule has 1 aromatic rings. The Kier molecular flexibility index (Phi) is 4.70. The van der Waals surface area contributed by atoms with Gasteiger partial charge in [0, 0.05) is 6.54 Å². The highest BCUT2D eigenvalue weighted by Crippen LogP contribution is 2.26. The van der Waals surface area contributed by atoms with Crippen LogP contribution in [0.4, 0.5) is 0 Å². The molecule has 4 nitrogen and oxygen atoms in total. The molecule has 0 aliphatic carbocycles. The lowest BCUT2D eigenvalue weighted by molar-refractivity contribution is -0.151. The summed E-state index contributed by atoms with van der Waals surface area (Å²) >= 11 is 0. The van der Waals surface area contributed by atoms with Crippen LogP contribution in [0.1, 0.15) is 31.9 Å². The van der Waals surface area contributed by atoms with Gasteiger partial charge in [0.25, 0.3) is 0 Å². The van der Waals surface area contributed by atoms with Crippen molar-refractivity contribution in [2.75, 3.05) is 0 Å². The summed E-state index contributed by atoms with van der Waals surface area (Å²) in [5.41, 5.74) is 1.46. The van der Waals surface area contributed by atoms with E-state index >= 15 is 0 Å². The molecular formula is C15H21NO3. The molecular weight excluding hydrogens is 242 g/mol. The Balaban J connectivity index is 2.74. The van der Waals surface area contributed by atoms with Crippen molar-refractivity contribution in [3.05, 3.63) is 35.4 Å². The number of amides is 1. The van der Waals surface area contributed by atoms with Crippen molar-refractivity contribution in [2.24, 2.45) is 11.3 Å². The molecule has 2 N–H and O–H groups in total. The molecule has 1 rings (SSSR count). The fourth-order valence-electron chi connectivity index (χ4n) is 1.97. The van der Waals surface area contributed by atoms with E-state index in [0.29, 0.717) is 6.54 Å². The molecule has 0 aromatic heterocycles. The van der Waals surface area contributed by atoms with Crippen LogP contribution in [0.25, 0.3) is 0 Å². The SMILES string of the molecule is Cc1ccccc1CNC(=O)C(C(=O)O)C(C)(C)C. The second-order valence-corrected chi connectivity index (χ2v) is 5.78. The third-order valence-electron chi connectivity index (χ3n) is 3.09. The smallest absolute Gasteiger partial charge is 0.316 e. The lowest BCUT2D eigenvalue weighted by Crippen LogP contribution is -2.42. The van der Waals surface area contributed by atoms with Crippen LogP contribution in [0.2, 0.25) is 0 Å². The summed E-state index contributed by atoms with van der Waals surface area (Å²) in [5.74, 6) is -2.57. The van der Waals surface area contributed by atoms with Crippen molar-refractivity contribution in [1.29, 1.82) is 0 Å². The van der Waals surface area contributed by atoms with E-state index in [2.05, 4.69) is 5.32 Å². The number of hydrogen-bond donors (Lipinski definition) is 2. The molecule has 0 fully saturated rings. The molecule has 0 aliphatic rings.